The van der Waals surface area contributed by atoms with E-state index in [1.54, 1.807) is 31.2 Å². The maximum Gasteiger partial charge on any atom is 0.281 e. The highest BCUT2D eigenvalue weighted by molar-refractivity contribution is 7.92. The summed E-state index contributed by atoms with van der Waals surface area (Å²) in [6.45, 7) is 2.05. The number of fused-ring (bicyclic) bond motifs is 1. The molecule has 2 N–H and O–H groups in total. The molecule has 0 spiro atoms. The van der Waals surface area contributed by atoms with Gasteiger partial charge in [0.25, 0.3) is 10.0 Å². The molecule has 2 heterocycles. The van der Waals surface area contributed by atoms with Gasteiger partial charge in [-0.1, -0.05) is 18.2 Å². The van der Waals surface area contributed by atoms with E-state index in [4.69, 9.17) is 0 Å². The van der Waals surface area contributed by atoms with E-state index in [9.17, 15) is 13.5 Å². The summed E-state index contributed by atoms with van der Waals surface area (Å²) in [5.41, 5.74) is 1.18. The fourth-order valence-electron chi connectivity index (χ4n) is 2.60. The molecule has 7 heteroatoms. The van der Waals surface area contributed by atoms with Crippen molar-refractivity contribution in [3.63, 3.8) is 0 Å². The SMILES string of the molecule is Cc1ncc(S(=O)(=O)N2CCCC(O)c3ccccc32)[nH]1. The number of rotatable bonds is 2. The van der Waals surface area contributed by atoms with Crippen LogP contribution in [0.2, 0.25) is 0 Å². The van der Waals surface area contributed by atoms with Gasteiger partial charge in [0.05, 0.1) is 18.0 Å². The molecule has 0 radical (unpaired) electrons. The van der Waals surface area contributed by atoms with E-state index in [1.807, 2.05) is 0 Å². The Morgan fingerprint density at radius 1 is 1.38 bits per heavy atom. The predicted octanol–water partition coefficient (Wildman–Crippen LogP) is 1.74. The fourth-order valence-corrected chi connectivity index (χ4v) is 4.09. The highest BCUT2D eigenvalue weighted by Gasteiger charge is 2.31. The van der Waals surface area contributed by atoms with E-state index in [-0.39, 0.29) is 5.03 Å². The molecule has 1 aliphatic rings. The van der Waals surface area contributed by atoms with Crippen LogP contribution in [-0.2, 0) is 10.0 Å². The molecule has 1 aromatic carbocycles. The Labute approximate surface area is 123 Å². The zero-order valence-corrected chi connectivity index (χ0v) is 12.5. The predicted molar refractivity (Wildman–Crippen MR) is 78.5 cm³/mol. The Balaban J connectivity index is 2.12. The quantitative estimate of drug-likeness (QED) is 0.885. The lowest BCUT2D eigenvalue weighted by Gasteiger charge is -2.23. The summed E-state index contributed by atoms with van der Waals surface area (Å²) in [5.74, 6) is 0.553. The van der Waals surface area contributed by atoms with Crippen molar-refractivity contribution in [2.45, 2.75) is 30.9 Å². The number of aliphatic hydroxyl groups is 1. The van der Waals surface area contributed by atoms with Crippen molar-refractivity contribution < 1.29 is 13.5 Å². The Morgan fingerprint density at radius 3 is 2.86 bits per heavy atom. The van der Waals surface area contributed by atoms with E-state index >= 15 is 0 Å². The Morgan fingerprint density at radius 2 is 2.14 bits per heavy atom. The second-order valence-electron chi connectivity index (χ2n) is 5.13. The van der Waals surface area contributed by atoms with Crippen molar-refractivity contribution >= 4 is 15.7 Å². The number of anilines is 1. The van der Waals surface area contributed by atoms with Crippen molar-refractivity contribution in [3.05, 3.63) is 41.9 Å². The normalized spacial score (nSPS) is 19.1. The molecule has 1 atom stereocenters. The molecule has 1 unspecified atom stereocenters. The third kappa shape index (κ3) is 2.43. The van der Waals surface area contributed by atoms with Crippen LogP contribution in [0, 0.1) is 6.92 Å². The zero-order valence-electron chi connectivity index (χ0n) is 11.7. The number of hydrogen-bond acceptors (Lipinski definition) is 4. The molecule has 6 nitrogen and oxygen atoms in total. The average Bonchev–Trinajstić information content (AvgIpc) is 2.83. The molecule has 3 rings (SSSR count). The molecule has 0 saturated carbocycles. The fraction of sp³-hybridized carbons (Fsp3) is 0.357. The van der Waals surface area contributed by atoms with Gasteiger partial charge in [-0.2, -0.15) is 8.42 Å². The number of hydrogen-bond donors (Lipinski definition) is 2. The van der Waals surface area contributed by atoms with Crippen LogP contribution >= 0.6 is 0 Å². The number of aromatic nitrogens is 2. The molecule has 1 aliphatic heterocycles. The summed E-state index contributed by atoms with van der Waals surface area (Å²) < 4.78 is 26.9. The third-order valence-electron chi connectivity index (χ3n) is 3.65. The molecule has 0 bridgehead atoms. The summed E-state index contributed by atoms with van der Waals surface area (Å²) >= 11 is 0. The lowest BCUT2D eigenvalue weighted by Crippen LogP contribution is -2.32. The van der Waals surface area contributed by atoms with Crippen molar-refractivity contribution in [2.24, 2.45) is 0 Å². The van der Waals surface area contributed by atoms with E-state index in [2.05, 4.69) is 9.97 Å². The van der Waals surface area contributed by atoms with Crippen molar-refractivity contribution in [1.29, 1.82) is 0 Å². The van der Waals surface area contributed by atoms with Crippen LogP contribution in [0.15, 0.2) is 35.5 Å². The lowest BCUT2D eigenvalue weighted by atomic mass is 10.1. The van der Waals surface area contributed by atoms with Crippen LogP contribution < -0.4 is 4.31 Å². The Bertz CT molecular complexity index is 754. The van der Waals surface area contributed by atoms with E-state index in [0.717, 1.165) is 0 Å². The first-order chi connectivity index (χ1) is 10.00. The van der Waals surface area contributed by atoms with Gasteiger partial charge in [-0.25, -0.2) is 4.98 Å². The molecule has 1 aromatic heterocycles. The summed E-state index contributed by atoms with van der Waals surface area (Å²) in [6, 6.07) is 7.08. The molecule has 0 amide bonds. The second kappa shape index (κ2) is 5.16. The molecule has 0 saturated heterocycles. The van der Waals surface area contributed by atoms with Crippen molar-refractivity contribution in [1.82, 2.24) is 9.97 Å². The maximum atomic E-state index is 12.8. The number of aryl methyl sites for hydroxylation is 1. The van der Waals surface area contributed by atoms with Gasteiger partial charge in [-0.15, -0.1) is 0 Å². The highest BCUT2D eigenvalue weighted by Crippen LogP contribution is 2.35. The first kappa shape index (κ1) is 14.1. The molecule has 0 fully saturated rings. The minimum atomic E-state index is -3.70. The number of aliphatic hydroxyl groups excluding tert-OH is 1. The van der Waals surface area contributed by atoms with Crippen molar-refractivity contribution in [2.75, 3.05) is 10.8 Å². The van der Waals surface area contributed by atoms with Crippen LogP contribution in [0.4, 0.5) is 5.69 Å². The number of para-hydroxylation sites is 1. The van der Waals surface area contributed by atoms with Crippen LogP contribution in [-0.4, -0.2) is 30.0 Å². The van der Waals surface area contributed by atoms with Crippen molar-refractivity contribution in [3.8, 4) is 0 Å². The number of benzene rings is 1. The maximum absolute atomic E-state index is 12.8. The lowest BCUT2D eigenvalue weighted by molar-refractivity contribution is 0.168. The minimum Gasteiger partial charge on any atom is -0.388 e. The molecule has 21 heavy (non-hydrogen) atoms. The molecular weight excluding hydrogens is 290 g/mol. The largest absolute Gasteiger partial charge is 0.388 e. The monoisotopic (exact) mass is 307 g/mol. The van der Waals surface area contributed by atoms with Crippen LogP contribution in [0.1, 0.15) is 30.3 Å². The zero-order chi connectivity index (χ0) is 15.0. The number of nitrogens with zero attached hydrogens (tertiary/aromatic N) is 2. The number of aromatic amines is 1. The Hall–Kier alpha value is -1.86. The number of sulfonamides is 1. The van der Waals surface area contributed by atoms with E-state index in [1.165, 1.54) is 10.5 Å². The van der Waals surface area contributed by atoms with Gasteiger partial charge in [0.1, 0.15) is 5.82 Å². The summed E-state index contributed by atoms with van der Waals surface area (Å²) in [5, 5.41) is 10.2. The molecule has 0 aliphatic carbocycles. The minimum absolute atomic E-state index is 0.0752. The highest BCUT2D eigenvalue weighted by atomic mass is 32.2. The van der Waals surface area contributed by atoms with Gasteiger partial charge in [0.15, 0.2) is 5.03 Å². The average molecular weight is 307 g/mol. The first-order valence-corrected chi connectivity index (χ1v) is 8.25. The first-order valence-electron chi connectivity index (χ1n) is 6.81. The van der Waals surface area contributed by atoms with Gasteiger partial charge in [0, 0.05) is 12.1 Å². The molecular formula is C14H17N3O3S. The third-order valence-corrected chi connectivity index (χ3v) is 5.37. The van der Waals surface area contributed by atoms with Gasteiger partial charge in [0.2, 0.25) is 0 Å². The summed E-state index contributed by atoms with van der Waals surface area (Å²) in [7, 11) is -3.70. The smallest absolute Gasteiger partial charge is 0.281 e. The van der Waals surface area contributed by atoms with Gasteiger partial charge in [-0.05, 0) is 25.8 Å². The van der Waals surface area contributed by atoms with Crippen LogP contribution in [0.25, 0.3) is 0 Å². The van der Waals surface area contributed by atoms with Crippen LogP contribution in [0.3, 0.4) is 0 Å². The van der Waals surface area contributed by atoms with Gasteiger partial charge < -0.3 is 10.1 Å². The summed E-state index contributed by atoms with van der Waals surface area (Å²) in [6.07, 6.45) is 1.84. The number of imidazole rings is 1. The van der Waals surface area contributed by atoms with E-state index < -0.39 is 16.1 Å². The topological polar surface area (TPSA) is 86.3 Å². The van der Waals surface area contributed by atoms with Crippen LogP contribution in [0.5, 0.6) is 0 Å². The number of nitrogens with one attached hydrogen (secondary N) is 1. The standard InChI is InChI=1S/C14H17N3O3S/c1-10-15-9-14(16-10)21(19,20)17-8-4-7-13(18)11-5-2-3-6-12(11)17/h2-3,5-6,9,13,18H,4,7-8H2,1H3,(H,15,16). The van der Waals surface area contributed by atoms with Gasteiger partial charge >= 0.3 is 0 Å². The molecule has 2 aromatic rings. The summed E-state index contributed by atoms with van der Waals surface area (Å²) in [4.78, 5) is 6.73. The second-order valence-corrected chi connectivity index (χ2v) is 6.96. The molecule has 112 valence electrons. The number of H-pyrrole nitrogens is 1. The Kier molecular flexibility index (Phi) is 3.46. The van der Waals surface area contributed by atoms with E-state index in [0.29, 0.717) is 36.5 Å². The van der Waals surface area contributed by atoms with Gasteiger partial charge in [-0.3, -0.25) is 4.31 Å².